The molecule has 2 aliphatic rings. The Kier molecular flexibility index (Phi) is 10.2. The van der Waals surface area contributed by atoms with E-state index in [1.54, 1.807) is 19.1 Å². The molecular formula is C32H36F6N6O4. The highest BCUT2D eigenvalue weighted by Gasteiger charge is 2.39. The van der Waals surface area contributed by atoms with Crippen molar-refractivity contribution in [3.63, 3.8) is 0 Å². The molecular weight excluding hydrogens is 646 g/mol. The van der Waals surface area contributed by atoms with E-state index in [-0.39, 0.29) is 48.2 Å². The standard InChI is InChI=1S/C32H36F6N6O4/c1-4-21-16-24(28-25(6-7-27(42-28)47-3)44(21)30(46)48-5-2)41-29-39-17-26(43-10-8-22(45)9-11-43)23(40-29)14-18-12-19(31(33,34)35)15-20(13-18)32(36,37)38/h6-7,12-13,15,17,21-22,24,45H,4-5,8-11,14,16H2,1-3H3,(H,39,40,41). The number of fused-ring (bicyclic) bond motifs is 1. The summed E-state index contributed by atoms with van der Waals surface area (Å²) in [6.07, 6.45) is -8.20. The lowest BCUT2D eigenvalue weighted by molar-refractivity contribution is -0.143. The number of methoxy groups -OCH3 is 1. The third-order valence-electron chi connectivity index (χ3n) is 8.46. The van der Waals surface area contributed by atoms with Crippen LogP contribution in [0.5, 0.6) is 5.88 Å². The summed E-state index contributed by atoms with van der Waals surface area (Å²) in [5.41, 5.74) is -1.51. The molecule has 2 aromatic heterocycles. The van der Waals surface area contributed by atoms with Crippen molar-refractivity contribution < 1.29 is 45.7 Å². The van der Waals surface area contributed by atoms with Gasteiger partial charge >= 0.3 is 18.4 Å². The zero-order valence-corrected chi connectivity index (χ0v) is 26.5. The van der Waals surface area contributed by atoms with Gasteiger partial charge in [0.2, 0.25) is 11.8 Å². The van der Waals surface area contributed by atoms with E-state index in [0.29, 0.717) is 68.0 Å². The average Bonchev–Trinajstić information content (AvgIpc) is 3.04. The Morgan fingerprint density at radius 2 is 1.67 bits per heavy atom. The fourth-order valence-electron chi connectivity index (χ4n) is 6.08. The molecule has 260 valence electrons. The number of benzene rings is 1. The SMILES string of the molecule is CCOC(=O)N1c2ccc(OC)nc2C(Nc2ncc(N3CCC(O)CC3)c(Cc3cc(C(F)(F)F)cc(C(F)(F)F)c3)n2)CC1CC. The Morgan fingerprint density at radius 3 is 2.25 bits per heavy atom. The van der Waals surface area contributed by atoms with Gasteiger partial charge in [0, 0.05) is 31.6 Å². The fourth-order valence-corrected chi connectivity index (χ4v) is 6.08. The average molecular weight is 683 g/mol. The number of pyridine rings is 1. The second-order valence-corrected chi connectivity index (χ2v) is 11.7. The molecule has 1 saturated heterocycles. The molecule has 3 aromatic rings. The van der Waals surface area contributed by atoms with E-state index in [4.69, 9.17) is 9.47 Å². The summed E-state index contributed by atoms with van der Waals surface area (Å²) in [5, 5.41) is 13.3. The molecule has 5 rings (SSSR count). The predicted octanol–water partition coefficient (Wildman–Crippen LogP) is 6.77. The van der Waals surface area contributed by atoms with E-state index < -0.39 is 41.7 Å². The third kappa shape index (κ3) is 7.69. The van der Waals surface area contributed by atoms with Crippen molar-refractivity contribution in [3.8, 4) is 5.88 Å². The van der Waals surface area contributed by atoms with Crippen molar-refractivity contribution in [3.05, 3.63) is 64.6 Å². The van der Waals surface area contributed by atoms with E-state index in [0.717, 1.165) is 0 Å². The zero-order chi connectivity index (χ0) is 34.8. The zero-order valence-electron chi connectivity index (χ0n) is 26.5. The van der Waals surface area contributed by atoms with Crippen LogP contribution in [0.1, 0.15) is 73.7 Å². The van der Waals surface area contributed by atoms with Gasteiger partial charge in [0.15, 0.2) is 0 Å². The number of hydrogen-bond donors (Lipinski definition) is 2. The number of ether oxygens (including phenoxy) is 2. The van der Waals surface area contributed by atoms with Crippen molar-refractivity contribution in [2.45, 2.75) is 76.5 Å². The second-order valence-electron chi connectivity index (χ2n) is 11.7. The molecule has 2 atom stereocenters. The lowest BCUT2D eigenvalue weighted by Gasteiger charge is -2.39. The maximum absolute atomic E-state index is 13.7. The number of nitrogens with one attached hydrogen (secondary N) is 1. The third-order valence-corrected chi connectivity index (χ3v) is 8.46. The number of rotatable bonds is 8. The molecule has 0 radical (unpaired) electrons. The lowest BCUT2D eigenvalue weighted by Crippen LogP contribution is -2.46. The molecule has 0 spiro atoms. The first-order chi connectivity index (χ1) is 22.7. The van der Waals surface area contributed by atoms with Crippen LogP contribution < -0.4 is 19.9 Å². The van der Waals surface area contributed by atoms with Gasteiger partial charge < -0.3 is 24.8 Å². The Balaban J connectivity index is 1.56. The van der Waals surface area contributed by atoms with Crippen molar-refractivity contribution in [2.75, 3.05) is 41.9 Å². The van der Waals surface area contributed by atoms with Crippen LogP contribution in [0.3, 0.4) is 0 Å². The number of amides is 1. The Bertz CT molecular complexity index is 1580. The summed E-state index contributed by atoms with van der Waals surface area (Å²) >= 11 is 0. The normalized spacial score (nSPS) is 18.8. The maximum atomic E-state index is 13.7. The first-order valence-corrected chi connectivity index (χ1v) is 15.6. The monoisotopic (exact) mass is 682 g/mol. The van der Waals surface area contributed by atoms with Gasteiger partial charge in [0.05, 0.1) is 65.9 Å². The first kappa shape index (κ1) is 35.0. The van der Waals surface area contributed by atoms with Gasteiger partial charge in [0.25, 0.3) is 0 Å². The van der Waals surface area contributed by atoms with Gasteiger partial charge in [-0.2, -0.15) is 26.3 Å². The predicted molar refractivity (Wildman–Crippen MR) is 164 cm³/mol. The van der Waals surface area contributed by atoms with Crippen LogP contribution >= 0.6 is 0 Å². The number of carbonyl (C=O) groups excluding carboxylic acids is 1. The summed E-state index contributed by atoms with van der Waals surface area (Å²) in [4.78, 5) is 30.1. The smallest absolute Gasteiger partial charge is 0.416 e. The molecule has 1 amide bonds. The van der Waals surface area contributed by atoms with E-state index >= 15 is 0 Å². The molecule has 2 unspecified atom stereocenters. The van der Waals surface area contributed by atoms with Crippen molar-refractivity contribution in [1.29, 1.82) is 0 Å². The topological polar surface area (TPSA) is 113 Å². The van der Waals surface area contributed by atoms with E-state index in [9.17, 15) is 36.2 Å². The molecule has 0 aliphatic carbocycles. The van der Waals surface area contributed by atoms with E-state index in [1.807, 2.05) is 11.8 Å². The number of piperidine rings is 1. The van der Waals surface area contributed by atoms with Crippen molar-refractivity contribution in [1.82, 2.24) is 15.0 Å². The number of halogens is 6. The number of aliphatic hydroxyl groups is 1. The number of nitrogens with zero attached hydrogens (tertiary/aromatic N) is 5. The minimum Gasteiger partial charge on any atom is -0.481 e. The van der Waals surface area contributed by atoms with Gasteiger partial charge in [-0.05, 0) is 62.4 Å². The maximum Gasteiger partial charge on any atom is 0.416 e. The number of hydrogen-bond acceptors (Lipinski definition) is 9. The van der Waals surface area contributed by atoms with E-state index in [2.05, 4.69) is 20.3 Å². The molecule has 2 N–H and O–H groups in total. The highest BCUT2D eigenvalue weighted by molar-refractivity contribution is 5.90. The molecule has 4 heterocycles. The Morgan fingerprint density at radius 1 is 1.00 bits per heavy atom. The highest BCUT2D eigenvalue weighted by Crippen LogP contribution is 2.41. The van der Waals surface area contributed by atoms with Gasteiger partial charge in [-0.3, -0.25) is 4.90 Å². The summed E-state index contributed by atoms with van der Waals surface area (Å²) < 4.78 is 92.7. The molecule has 0 bridgehead atoms. The number of aliphatic hydroxyl groups excluding tert-OH is 1. The number of alkyl halides is 6. The number of aromatic nitrogens is 3. The molecule has 2 aliphatic heterocycles. The fraction of sp³-hybridized carbons (Fsp3) is 0.500. The minimum atomic E-state index is -5.00. The van der Waals surface area contributed by atoms with Crippen LogP contribution in [-0.2, 0) is 23.5 Å². The van der Waals surface area contributed by atoms with Gasteiger partial charge in [0.1, 0.15) is 0 Å². The minimum absolute atomic E-state index is 0.0637. The summed E-state index contributed by atoms with van der Waals surface area (Å²) in [6, 6.07) is 3.92. The summed E-state index contributed by atoms with van der Waals surface area (Å²) in [6.45, 7) is 4.57. The van der Waals surface area contributed by atoms with Gasteiger partial charge in [-0.25, -0.2) is 19.7 Å². The highest BCUT2D eigenvalue weighted by atomic mass is 19.4. The molecule has 16 heteroatoms. The van der Waals surface area contributed by atoms with Crippen molar-refractivity contribution >= 4 is 23.4 Å². The van der Waals surface area contributed by atoms with Crippen LogP contribution in [0.25, 0.3) is 0 Å². The van der Waals surface area contributed by atoms with Crippen LogP contribution in [-0.4, -0.2) is 65.1 Å². The summed E-state index contributed by atoms with van der Waals surface area (Å²) in [5.74, 6) is 0.349. The molecule has 48 heavy (non-hydrogen) atoms. The quantitative estimate of drug-likeness (QED) is 0.249. The summed E-state index contributed by atoms with van der Waals surface area (Å²) in [7, 11) is 1.45. The van der Waals surface area contributed by atoms with Crippen LogP contribution in [0.2, 0.25) is 0 Å². The lowest BCUT2D eigenvalue weighted by atomic mass is 9.93. The second kappa shape index (κ2) is 14.0. The van der Waals surface area contributed by atoms with Gasteiger partial charge in [-0.15, -0.1) is 0 Å². The van der Waals surface area contributed by atoms with Crippen LogP contribution in [0.15, 0.2) is 36.5 Å². The Labute approximate surface area is 273 Å². The van der Waals surface area contributed by atoms with Crippen molar-refractivity contribution in [2.24, 2.45) is 0 Å². The number of carbonyl (C=O) groups is 1. The first-order valence-electron chi connectivity index (χ1n) is 15.6. The number of anilines is 3. The largest absolute Gasteiger partial charge is 0.481 e. The van der Waals surface area contributed by atoms with Gasteiger partial charge in [-0.1, -0.05) is 6.92 Å². The molecule has 1 fully saturated rings. The molecule has 0 saturated carbocycles. The van der Waals surface area contributed by atoms with Crippen LogP contribution in [0, 0.1) is 0 Å². The molecule has 10 nitrogen and oxygen atoms in total. The molecule has 1 aromatic carbocycles. The van der Waals surface area contributed by atoms with Crippen LogP contribution in [0.4, 0.5) is 48.5 Å². The Hall–Kier alpha value is -4.34. The van der Waals surface area contributed by atoms with E-state index in [1.165, 1.54) is 18.2 Å².